The van der Waals surface area contributed by atoms with E-state index >= 15 is 0 Å². The molecule has 0 bridgehead atoms. The number of benzene rings is 5. The summed E-state index contributed by atoms with van der Waals surface area (Å²) in [4.78, 5) is 2.33. The number of fused-ring (bicyclic) bond motifs is 6. The van der Waals surface area contributed by atoms with Crippen LogP contribution >= 0.6 is 0 Å². The first-order valence-electron chi connectivity index (χ1n) is 12.6. The van der Waals surface area contributed by atoms with Gasteiger partial charge in [0.05, 0.1) is 22.4 Å². The fourth-order valence-corrected chi connectivity index (χ4v) is 6.16. The summed E-state index contributed by atoms with van der Waals surface area (Å²) in [6.07, 6.45) is 0. The van der Waals surface area contributed by atoms with Crippen LogP contribution in [0.25, 0.3) is 38.6 Å². The number of aromatic nitrogens is 1. The van der Waals surface area contributed by atoms with E-state index in [1.54, 1.807) is 0 Å². The molecule has 1 aliphatic carbocycles. The van der Waals surface area contributed by atoms with E-state index in [4.69, 9.17) is 0 Å². The van der Waals surface area contributed by atoms with Crippen LogP contribution in [0.2, 0.25) is 0 Å². The quantitative estimate of drug-likeness (QED) is 0.254. The first kappa shape index (κ1) is 21.0. The molecule has 0 radical (unpaired) electrons. The van der Waals surface area contributed by atoms with E-state index in [0.29, 0.717) is 0 Å². The molecule has 0 spiro atoms. The second kappa shape index (κ2) is 7.60. The third-order valence-corrected chi connectivity index (χ3v) is 8.02. The lowest BCUT2D eigenvalue weighted by molar-refractivity contribution is 0.660. The van der Waals surface area contributed by atoms with Crippen LogP contribution in [-0.4, -0.2) is 11.6 Å². The standard InChI is InChI=1S/C34H28N2/c1-34(2)28-15-7-4-12-24(28)25-21-20-23(22-29(25)34)35(3)32-18-10-11-19-33(32)36-30-16-8-5-13-26(30)27-14-6-9-17-31(27)36/h4-22H,1-3H3. The lowest BCUT2D eigenvalue weighted by Gasteiger charge is -2.26. The van der Waals surface area contributed by atoms with Gasteiger partial charge >= 0.3 is 0 Å². The zero-order valence-corrected chi connectivity index (χ0v) is 20.9. The smallest absolute Gasteiger partial charge is 0.0699 e. The summed E-state index contributed by atoms with van der Waals surface area (Å²) in [5, 5.41) is 2.56. The predicted molar refractivity (Wildman–Crippen MR) is 153 cm³/mol. The average molecular weight is 465 g/mol. The molecule has 174 valence electrons. The van der Waals surface area contributed by atoms with Gasteiger partial charge in [-0.2, -0.15) is 0 Å². The summed E-state index contributed by atoms with van der Waals surface area (Å²) < 4.78 is 2.41. The molecule has 5 aromatic carbocycles. The summed E-state index contributed by atoms with van der Waals surface area (Å²) in [7, 11) is 2.18. The maximum absolute atomic E-state index is 2.41. The molecule has 0 N–H and O–H groups in total. The molecule has 2 nitrogen and oxygen atoms in total. The van der Waals surface area contributed by atoms with Crippen molar-refractivity contribution in [3.8, 4) is 16.8 Å². The van der Waals surface area contributed by atoms with Gasteiger partial charge < -0.3 is 9.47 Å². The molecule has 1 aromatic heterocycles. The van der Waals surface area contributed by atoms with Crippen LogP contribution in [0.3, 0.4) is 0 Å². The second-order valence-corrected chi connectivity index (χ2v) is 10.3. The minimum absolute atomic E-state index is 0.0187. The SMILES string of the molecule is CN(c1ccc2c(c1)C(C)(C)c1ccccc1-2)c1ccccc1-n1c2ccccc2c2ccccc21. The highest BCUT2D eigenvalue weighted by molar-refractivity contribution is 6.09. The maximum atomic E-state index is 2.41. The monoisotopic (exact) mass is 464 g/mol. The Balaban J connectivity index is 1.41. The van der Waals surface area contributed by atoms with Gasteiger partial charge in [-0.15, -0.1) is 0 Å². The molecule has 0 amide bonds. The van der Waals surface area contributed by atoms with Crippen molar-refractivity contribution in [3.63, 3.8) is 0 Å². The van der Waals surface area contributed by atoms with Crippen LogP contribution in [0.15, 0.2) is 115 Å². The Hall–Kier alpha value is -4.30. The highest BCUT2D eigenvalue weighted by Gasteiger charge is 2.35. The molecule has 0 saturated heterocycles. The number of para-hydroxylation sites is 4. The van der Waals surface area contributed by atoms with E-state index in [-0.39, 0.29) is 5.41 Å². The molecular formula is C34H28N2. The van der Waals surface area contributed by atoms with Crippen molar-refractivity contribution >= 4 is 33.2 Å². The van der Waals surface area contributed by atoms with Gasteiger partial charge in [-0.3, -0.25) is 0 Å². The minimum atomic E-state index is -0.0187. The Labute approximate surface area is 212 Å². The van der Waals surface area contributed by atoms with Crippen molar-refractivity contribution in [2.45, 2.75) is 19.3 Å². The largest absolute Gasteiger partial charge is 0.343 e. The average Bonchev–Trinajstić information content (AvgIpc) is 3.38. The van der Waals surface area contributed by atoms with Gasteiger partial charge in [0.2, 0.25) is 0 Å². The van der Waals surface area contributed by atoms with E-state index in [1.165, 1.54) is 61.1 Å². The Kier molecular flexibility index (Phi) is 4.44. The lowest BCUT2D eigenvalue weighted by Crippen LogP contribution is -2.17. The third kappa shape index (κ3) is 2.85. The van der Waals surface area contributed by atoms with Gasteiger partial charge in [0, 0.05) is 28.9 Å². The van der Waals surface area contributed by atoms with E-state index in [9.17, 15) is 0 Å². The molecule has 0 unspecified atom stereocenters. The van der Waals surface area contributed by atoms with Gasteiger partial charge in [-0.1, -0.05) is 92.7 Å². The zero-order valence-electron chi connectivity index (χ0n) is 20.9. The molecule has 36 heavy (non-hydrogen) atoms. The summed E-state index contributed by atoms with van der Waals surface area (Å²) in [5.74, 6) is 0. The third-order valence-electron chi connectivity index (χ3n) is 8.02. The molecule has 2 heteroatoms. The van der Waals surface area contributed by atoms with E-state index in [0.717, 1.165) is 0 Å². The van der Waals surface area contributed by atoms with E-state index in [2.05, 4.69) is 146 Å². The highest BCUT2D eigenvalue weighted by atomic mass is 15.1. The van der Waals surface area contributed by atoms with Crippen molar-refractivity contribution < 1.29 is 0 Å². The van der Waals surface area contributed by atoms with Crippen LogP contribution in [-0.2, 0) is 5.41 Å². The van der Waals surface area contributed by atoms with E-state index in [1.807, 2.05) is 0 Å². The van der Waals surface area contributed by atoms with Crippen molar-refractivity contribution in [2.24, 2.45) is 0 Å². The fraction of sp³-hybridized carbons (Fsp3) is 0.118. The summed E-state index contributed by atoms with van der Waals surface area (Å²) >= 11 is 0. The van der Waals surface area contributed by atoms with Crippen molar-refractivity contribution in [2.75, 3.05) is 11.9 Å². The van der Waals surface area contributed by atoms with Gasteiger partial charge in [0.1, 0.15) is 0 Å². The molecule has 6 aromatic rings. The lowest BCUT2D eigenvalue weighted by atomic mass is 9.82. The normalized spacial score (nSPS) is 13.6. The molecule has 0 atom stereocenters. The summed E-state index contributed by atoms with van der Waals surface area (Å²) in [6, 6.07) is 41.9. The Morgan fingerprint density at radius 1 is 0.583 bits per heavy atom. The van der Waals surface area contributed by atoms with Gasteiger partial charge in [0.15, 0.2) is 0 Å². The van der Waals surface area contributed by atoms with Crippen molar-refractivity contribution in [3.05, 3.63) is 126 Å². The van der Waals surface area contributed by atoms with Crippen LogP contribution in [0.1, 0.15) is 25.0 Å². The Morgan fingerprint density at radius 3 is 1.92 bits per heavy atom. The Morgan fingerprint density at radius 2 is 1.17 bits per heavy atom. The summed E-state index contributed by atoms with van der Waals surface area (Å²) in [5.41, 5.74) is 11.5. The predicted octanol–water partition coefficient (Wildman–Crippen LogP) is 8.86. The topological polar surface area (TPSA) is 8.17 Å². The number of nitrogens with zero attached hydrogens (tertiary/aromatic N) is 2. The van der Waals surface area contributed by atoms with Crippen LogP contribution < -0.4 is 4.90 Å². The van der Waals surface area contributed by atoms with Crippen molar-refractivity contribution in [1.82, 2.24) is 4.57 Å². The van der Waals surface area contributed by atoms with Gasteiger partial charge in [-0.25, -0.2) is 0 Å². The maximum Gasteiger partial charge on any atom is 0.0699 e. The molecular weight excluding hydrogens is 436 g/mol. The molecule has 0 fully saturated rings. The number of hydrogen-bond acceptors (Lipinski definition) is 1. The fourth-order valence-electron chi connectivity index (χ4n) is 6.16. The zero-order chi connectivity index (χ0) is 24.4. The van der Waals surface area contributed by atoms with Crippen LogP contribution in [0.4, 0.5) is 11.4 Å². The summed E-state index contributed by atoms with van der Waals surface area (Å²) in [6.45, 7) is 4.68. The minimum Gasteiger partial charge on any atom is -0.343 e. The number of anilines is 2. The first-order chi connectivity index (χ1) is 17.6. The number of rotatable bonds is 3. The molecule has 1 aliphatic rings. The van der Waals surface area contributed by atoms with Crippen LogP contribution in [0.5, 0.6) is 0 Å². The van der Waals surface area contributed by atoms with Crippen LogP contribution in [0, 0.1) is 0 Å². The first-order valence-corrected chi connectivity index (χ1v) is 12.6. The number of hydrogen-bond donors (Lipinski definition) is 0. The second-order valence-electron chi connectivity index (χ2n) is 10.3. The molecule has 0 saturated carbocycles. The van der Waals surface area contributed by atoms with Gasteiger partial charge in [-0.05, 0) is 58.7 Å². The Bertz CT molecular complexity index is 1730. The van der Waals surface area contributed by atoms with Gasteiger partial charge in [0.25, 0.3) is 0 Å². The molecule has 1 heterocycles. The molecule has 7 rings (SSSR count). The molecule has 0 aliphatic heterocycles. The van der Waals surface area contributed by atoms with Crippen molar-refractivity contribution in [1.29, 1.82) is 0 Å². The van der Waals surface area contributed by atoms with E-state index < -0.39 is 0 Å². The highest BCUT2D eigenvalue weighted by Crippen LogP contribution is 2.50.